The molecule has 3 rings (SSSR count). The number of aliphatic hydroxyl groups is 1. The highest BCUT2D eigenvalue weighted by atomic mass is 16.6. The first-order chi connectivity index (χ1) is 14.6. The van der Waals surface area contributed by atoms with Crippen molar-refractivity contribution in [2.45, 2.75) is 63.4 Å². The summed E-state index contributed by atoms with van der Waals surface area (Å²) in [5.74, 6) is 0.0831. The molecule has 0 bridgehead atoms. The van der Waals surface area contributed by atoms with Crippen LogP contribution >= 0.6 is 0 Å². The van der Waals surface area contributed by atoms with E-state index in [0.29, 0.717) is 19.7 Å². The maximum Gasteiger partial charge on any atom is 0.409 e. The summed E-state index contributed by atoms with van der Waals surface area (Å²) in [6.45, 7) is 10.3. The Morgan fingerprint density at radius 1 is 1.17 bits per heavy atom. The molecule has 0 radical (unpaired) electrons. The first-order valence-electron chi connectivity index (χ1n) is 11.6. The predicted octanol–water partition coefficient (Wildman–Crippen LogP) is 4.66. The summed E-state index contributed by atoms with van der Waals surface area (Å²) in [7, 11) is 0. The van der Waals surface area contributed by atoms with Crippen molar-refractivity contribution < 1.29 is 14.6 Å². The van der Waals surface area contributed by atoms with E-state index in [9.17, 15) is 9.90 Å². The molecule has 1 saturated carbocycles. The zero-order valence-electron chi connectivity index (χ0n) is 18.5. The van der Waals surface area contributed by atoms with Gasteiger partial charge in [0.1, 0.15) is 0 Å². The number of amides is 1. The second kappa shape index (κ2) is 11.0. The van der Waals surface area contributed by atoms with Gasteiger partial charge >= 0.3 is 6.09 Å². The van der Waals surface area contributed by atoms with E-state index < -0.39 is 5.60 Å². The van der Waals surface area contributed by atoms with Crippen LogP contribution in [0.3, 0.4) is 0 Å². The molecule has 1 N–H and O–H groups in total. The highest BCUT2D eigenvalue weighted by Crippen LogP contribution is 2.40. The van der Waals surface area contributed by atoms with Crippen molar-refractivity contribution in [2.75, 3.05) is 39.3 Å². The van der Waals surface area contributed by atoms with Crippen LogP contribution in [0, 0.1) is 0 Å². The molecular formula is C25H38N2O3. The highest BCUT2D eigenvalue weighted by molar-refractivity contribution is 5.67. The Hall–Kier alpha value is -1.85. The number of unbranched alkanes of at least 4 members (excludes halogenated alkanes) is 1. The molecule has 1 saturated heterocycles. The van der Waals surface area contributed by atoms with Gasteiger partial charge < -0.3 is 14.7 Å². The fourth-order valence-electron chi connectivity index (χ4n) is 4.73. The van der Waals surface area contributed by atoms with Crippen molar-refractivity contribution >= 4 is 12.2 Å². The molecule has 1 unspecified atom stereocenters. The van der Waals surface area contributed by atoms with E-state index in [1.807, 2.05) is 11.0 Å². The molecule has 2 fully saturated rings. The van der Waals surface area contributed by atoms with Crippen LogP contribution in [0.15, 0.2) is 30.8 Å². The van der Waals surface area contributed by atoms with E-state index in [1.165, 1.54) is 12.0 Å². The molecule has 30 heavy (non-hydrogen) atoms. The third-order valence-corrected chi connectivity index (χ3v) is 6.74. The lowest BCUT2D eigenvalue weighted by Gasteiger charge is -2.43. The van der Waals surface area contributed by atoms with Crippen LogP contribution in [-0.2, 0) is 4.74 Å². The van der Waals surface area contributed by atoms with Crippen molar-refractivity contribution in [3.05, 3.63) is 42.0 Å². The zero-order valence-corrected chi connectivity index (χ0v) is 18.5. The maximum absolute atomic E-state index is 12.2. The lowest BCUT2D eigenvalue weighted by atomic mass is 9.72. The standard InChI is InChI=1S/C25H38N2O3/c1-3-5-19-30-24(28)27-17-15-26(16-18-27)20-23(25(29)13-7-6-8-14-25)22-11-9-21(4-2)10-12-22/h4,9-12,23,29H,2-3,5-8,13-20H2,1H3. The molecule has 5 heteroatoms. The van der Waals surface area contributed by atoms with E-state index in [4.69, 9.17) is 4.74 Å². The molecule has 1 aromatic rings. The van der Waals surface area contributed by atoms with Gasteiger partial charge in [-0.15, -0.1) is 0 Å². The Kier molecular flexibility index (Phi) is 8.34. The number of rotatable bonds is 8. The molecule has 166 valence electrons. The van der Waals surface area contributed by atoms with Crippen molar-refractivity contribution in [3.8, 4) is 0 Å². The second-order valence-corrected chi connectivity index (χ2v) is 8.84. The molecule has 0 spiro atoms. The number of benzene rings is 1. The largest absolute Gasteiger partial charge is 0.449 e. The minimum Gasteiger partial charge on any atom is -0.449 e. The Labute approximate surface area is 181 Å². The second-order valence-electron chi connectivity index (χ2n) is 8.84. The quantitative estimate of drug-likeness (QED) is 0.629. The van der Waals surface area contributed by atoms with Crippen LogP contribution in [0.5, 0.6) is 0 Å². The number of carbonyl (C=O) groups is 1. The van der Waals surface area contributed by atoms with Gasteiger partial charge in [-0.2, -0.15) is 0 Å². The van der Waals surface area contributed by atoms with Gasteiger partial charge in [0, 0.05) is 38.6 Å². The average molecular weight is 415 g/mol. The molecule has 1 aliphatic carbocycles. The van der Waals surface area contributed by atoms with Gasteiger partial charge in [-0.1, -0.05) is 69.5 Å². The van der Waals surface area contributed by atoms with Crippen LogP contribution in [-0.4, -0.2) is 65.9 Å². The number of hydrogen-bond donors (Lipinski definition) is 1. The average Bonchev–Trinajstić information content (AvgIpc) is 2.78. The predicted molar refractivity (Wildman–Crippen MR) is 122 cm³/mol. The van der Waals surface area contributed by atoms with E-state index in [1.54, 1.807) is 0 Å². The van der Waals surface area contributed by atoms with Crippen molar-refractivity contribution in [3.63, 3.8) is 0 Å². The number of hydrogen-bond acceptors (Lipinski definition) is 4. The third-order valence-electron chi connectivity index (χ3n) is 6.74. The first-order valence-corrected chi connectivity index (χ1v) is 11.6. The van der Waals surface area contributed by atoms with Crippen LogP contribution in [0.1, 0.15) is 68.9 Å². The van der Waals surface area contributed by atoms with Gasteiger partial charge in [0.2, 0.25) is 0 Å². The summed E-state index contributed by atoms with van der Waals surface area (Å²) in [6, 6.07) is 8.47. The number of ether oxygens (including phenoxy) is 1. The smallest absolute Gasteiger partial charge is 0.409 e. The van der Waals surface area contributed by atoms with Gasteiger partial charge in [-0.3, -0.25) is 4.90 Å². The molecule has 1 atom stereocenters. The van der Waals surface area contributed by atoms with Gasteiger partial charge in [-0.25, -0.2) is 4.79 Å². The minimum absolute atomic E-state index is 0.0831. The maximum atomic E-state index is 12.2. The highest BCUT2D eigenvalue weighted by Gasteiger charge is 2.40. The molecule has 1 aromatic carbocycles. The van der Waals surface area contributed by atoms with E-state index in [0.717, 1.165) is 63.7 Å². The molecule has 2 aliphatic rings. The van der Waals surface area contributed by atoms with Crippen molar-refractivity contribution in [2.24, 2.45) is 0 Å². The normalized spacial score (nSPS) is 20.5. The van der Waals surface area contributed by atoms with Crippen LogP contribution < -0.4 is 0 Å². The van der Waals surface area contributed by atoms with Crippen LogP contribution in [0.25, 0.3) is 6.08 Å². The molecule has 1 aliphatic heterocycles. The SMILES string of the molecule is C=Cc1ccc(C(CN2CCN(C(=O)OCCCC)CC2)C2(O)CCCCC2)cc1. The Bertz CT molecular complexity index is 674. The van der Waals surface area contributed by atoms with Crippen LogP contribution in [0.4, 0.5) is 4.79 Å². The summed E-state index contributed by atoms with van der Waals surface area (Å²) < 4.78 is 5.36. The summed E-state index contributed by atoms with van der Waals surface area (Å²) in [5.41, 5.74) is 1.65. The fraction of sp³-hybridized carbons (Fsp3) is 0.640. The number of nitrogens with zero attached hydrogens (tertiary/aromatic N) is 2. The minimum atomic E-state index is -0.649. The van der Waals surface area contributed by atoms with Crippen molar-refractivity contribution in [1.82, 2.24) is 9.80 Å². The number of piperazine rings is 1. The summed E-state index contributed by atoms with van der Waals surface area (Å²) in [6.07, 6.45) is 8.73. The van der Waals surface area contributed by atoms with E-state index in [2.05, 4.69) is 42.7 Å². The summed E-state index contributed by atoms with van der Waals surface area (Å²) in [5, 5.41) is 11.6. The van der Waals surface area contributed by atoms with E-state index in [-0.39, 0.29) is 12.0 Å². The van der Waals surface area contributed by atoms with Crippen LogP contribution in [0.2, 0.25) is 0 Å². The molecule has 5 nitrogen and oxygen atoms in total. The van der Waals surface area contributed by atoms with Crippen molar-refractivity contribution in [1.29, 1.82) is 0 Å². The van der Waals surface area contributed by atoms with Gasteiger partial charge in [0.05, 0.1) is 12.2 Å². The topological polar surface area (TPSA) is 53.0 Å². The van der Waals surface area contributed by atoms with E-state index >= 15 is 0 Å². The number of carbonyl (C=O) groups excluding carboxylic acids is 1. The lowest BCUT2D eigenvalue weighted by Crippen LogP contribution is -2.52. The Balaban J connectivity index is 1.64. The molecule has 0 aromatic heterocycles. The monoisotopic (exact) mass is 414 g/mol. The lowest BCUT2D eigenvalue weighted by molar-refractivity contribution is -0.0342. The zero-order chi connectivity index (χ0) is 21.4. The Morgan fingerprint density at radius 3 is 2.43 bits per heavy atom. The van der Waals surface area contributed by atoms with Gasteiger partial charge in [0.15, 0.2) is 0 Å². The third kappa shape index (κ3) is 5.86. The molecular weight excluding hydrogens is 376 g/mol. The van der Waals surface area contributed by atoms with Gasteiger partial charge in [-0.05, 0) is 30.4 Å². The fourth-order valence-corrected chi connectivity index (χ4v) is 4.73. The summed E-state index contributed by atoms with van der Waals surface area (Å²) in [4.78, 5) is 16.4. The molecule has 1 heterocycles. The molecule has 1 amide bonds. The van der Waals surface area contributed by atoms with Gasteiger partial charge in [0.25, 0.3) is 0 Å². The Morgan fingerprint density at radius 2 is 1.83 bits per heavy atom. The summed E-state index contributed by atoms with van der Waals surface area (Å²) >= 11 is 0. The first kappa shape index (κ1) is 22.8.